The van der Waals surface area contributed by atoms with Crippen LogP contribution in [0.1, 0.15) is 68.4 Å². The van der Waals surface area contributed by atoms with Gasteiger partial charge in [0.25, 0.3) is 5.91 Å². The van der Waals surface area contributed by atoms with Crippen molar-refractivity contribution in [2.75, 3.05) is 33.6 Å². The molecule has 7 aromatic rings. The number of imidazole rings is 2. The Bertz CT molecular complexity index is 2880. The molecule has 4 N–H and O–H groups in total. The number of likely N-dealkylation sites (tertiary alicyclic amines) is 2. The lowest BCUT2D eigenvalue weighted by Gasteiger charge is -2.29. The number of carbonyl (C=O) groups excluding carboxylic acids is 4. The van der Waals surface area contributed by atoms with Gasteiger partial charge in [-0.25, -0.2) is 19.6 Å². The van der Waals surface area contributed by atoms with Gasteiger partial charge in [-0.1, -0.05) is 80.6 Å². The summed E-state index contributed by atoms with van der Waals surface area (Å²) < 4.78 is 9.70. The van der Waals surface area contributed by atoms with E-state index >= 15 is 0 Å². The third-order valence-electron chi connectivity index (χ3n) is 12.6. The number of methoxy groups -OCH3 is 2. The van der Waals surface area contributed by atoms with E-state index in [-0.39, 0.29) is 35.1 Å². The molecule has 5 atom stereocenters. The van der Waals surface area contributed by atoms with Gasteiger partial charge in [0.05, 0.1) is 48.4 Å². The van der Waals surface area contributed by atoms with Gasteiger partial charge in [-0.2, -0.15) is 11.8 Å². The maximum Gasteiger partial charge on any atom is 0.407 e. The number of rotatable bonds is 10. The first-order valence-electron chi connectivity index (χ1n) is 21.3. The van der Waals surface area contributed by atoms with Crippen molar-refractivity contribution in [1.29, 1.82) is 0 Å². The average molecular weight is 867 g/mol. The predicted octanol–water partition coefficient (Wildman–Crippen LogP) is 8.56. The molecule has 2 aliphatic rings. The third-order valence-corrected chi connectivity index (χ3v) is 13.6. The fourth-order valence-electron chi connectivity index (χ4n) is 9.27. The van der Waals surface area contributed by atoms with Gasteiger partial charge in [0.1, 0.15) is 23.7 Å². The van der Waals surface area contributed by atoms with Crippen LogP contribution in [0.4, 0.5) is 9.59 Å². The molecule has 4 heterocycles. The Morgan fingerprint density at radius 1 is 0.730 bits per heavy atom. The summed E-state index contributed by atoms with van der Waals surface area (Å²) in [5.74, 6) is 0.969. The molecule has 14 nitrogen and oxygen atoms in total. The molecular formula is C48H50N8O6S. The molecule has 2 saturated heterocycles. The second-order valence-corrected chi connectivity index (χ2v) is 17.8. The van der Waals surface area contributed by atoms with Gasteiger partial charge < -0.3 is 39.9 Å². The first-order valence-corrected chi connectivity index (χ1v) is 22.6. The van der Waals surface area contributed by atoms with Crippen LogP contribution in [0, 0.1) is 5.92 Å². The highest BCUT2D eigenvalue weighted by Gasteiger charge is 2.41. The number of alkyl carbamates (subject to hydrolysis) is 2. The van der Waals surface area contributed by atoms with E-state index in [4.69, 9.17) is 19.4 Å². The van der Waals surface area contributed by atoms with Crippen molar-refractivity contribution in [1.82, 2.24) is 40.4 Å². The van der Waals surface area contributed by atoms with Crippen molar-refractivity contribution >= 4 is 79.4 Å². The number of nitrogens with zero attached hydrogens (tertiary/aromatic N) is 4. The van der Waals surface area contributed by atoms with Gasteiger partial charge >= 0.3 is 12.2 Å². The molecule has 5 aromatic carbocycles. The standard InChI is InChI=1S/C48H50N8O6S/c1-26(2)39(53-47(59)61-3)45(57)55-21-9-12-37(55)43-49-35-19-15-30-22-28(13-17-33(30)41(35)51-43)29-14-18-34-31(23-29)16-20-36-42(34)52-44(50-36)38-24-32(63-5)25-56(38)46(58)40(54-48(60)62-4)27-10-7-6-8-11-27/h6-8,10-11,13-20,22-23,26,32,37-40H,9,12,21,24-25H2,1-5H3,(H,49,51)(H,50,52)(H,53,59)(H,54,60)/t32-,37-,38-,39-,40+/m0/s1. The average Bonchev–Trinajstić information content (AvgIpc) is 4.14. The Morgan fingerprint density at radius 2 is 1.32 bits per heavy atom. The lowest BCUT2D eigenvalue weighted by molar-refractivity contribution is -0.135. The summed E-state index contributed by atoms with van der Waals surface area (Å²) >= 11 is 1.72. The zero-order valence-corrected chi connectivity index (χ0v) is 36.6. The van der Waals surface area contributed by atoms with Crippen molar-refractivity contribution in [3.8, 4) is 11.1 Å². The molecule has 0 aliphatic carbocycles. The number of nitrogens with one attached hydrogen (secondary N) is 4. The topological polar surface area (TPSA) is 175 Å². The molecule has 4 amide bonds. The Kier molecular flexibility index (Phi) is 11.4. The molecule has 0 bridgehead atoms. The van der Waals surface area contributed by atoms with E-state index in [0.29, 0.717) is 24.5 Å². The molecule has 324 valence electrons. The monoisotopic (exact) mass is 866 g/mol. The van der Waals surface area contributed by atoms with Crippen molar-refractivity contribution in [2.45, 2.75) is 62.5 Å². The number of amides is 4. The van der Waals surface area contributed by atoms with Gasteiger partial charge in [0.2, 0.25) is 5.91 Å². The van der Waals surface area contributed by atoms with E-state index < -0.39 is 24.3 Å². The van der Waals surface area contributed by atoms with Crippen LogP contribution >= 0.6 is 11.8 Å². The SMILES string of the molecule is COC(=O)N[C@H](C(=O)N1CCC[C@H]1c1nc2ccc3cc(-c4ccc5c(ccc6nc([C@@H]7C[C@H](SC)CN7C(=O)[C@H](NC(=O)OC)c7ccccc7)[nH]c65)c4)ccc3c2[nH]1)C(C)C. The normalized spacial score (nSPS) is 18.7. The molecule has 2 aromatic heterocycles. The maximum atomic E-state index is 14.3. The molecule has 0 saturated carbocycles. The van der Waals surface area contributed by atoms with Crippen LogP contribution in [0.5, 0.6) is 0 Å². The van der Waals surface area contributed by atoms with Crippen LogP contribution in [0.3, 0.4) is 0 Å². The largest absolute Gasteiger partial charge is 0.453 e. The molecule has 2 fully saturated rings. The van der Waals surface area contributed by atoms with Crippen LogP contribution in [0.25, 0.3) is 54.7 Å². The second kappa shape index (κ2) is 17.3. The molecule has 0 spiro atoms. The molecule has 15 heteroatoms. The summed E-state index contributed by atoms with van der Waals surface area (Å²) in [4.78, 5) is 73.4. The summed E-state index contributed by atoms with van der Waals surface area (Å²) in [6, 6.07) is 28.1. The highest BCUT2D eigenvalue weighted by molar-refractivity contribution is 7.99. The maximum absolute atomic E-state index is 14.3. The van der Waals surface area contributed by atoms with Gasteiger partial charge in [0.15, 0.2) is 0 Å². The number of aromatic nitrogens is 4. The summed E-state index contributed by atoms with van der Waals surface area (Å²) in [6.07, 6.45) is 3.08. The number of fused-ring (bicyclic) bond motifs is 6. The number of hydrogen-bond acceptors (Lipinski definition) is 9. The van der Waals surface area contributed by atoms with E-state index in [0.717, 1.165) is 79.8 Å². The van der Waals surface area contributed by atoms with E-state index in [9.17, 15) is 19.2 Å². The minimum atomic E-state index is -0.912. The fraction of sp³-hybridized carbons (Fsp3) is 0.333. The lowest BCUT2D eigenvalue weighted by atomic mass is 9.98. The fourth-order valence-corrected chi connectivity index (χ4v) is 9.96. The van der Waals surface area contributed by atoms with Crippen LogP contribution in [-0.2, 0) is 19.1 Å². The number of ether oxygens (including phenoxy) is 2. The van der Waals surface area contributed by atoms with Crippen LogP contribution in [0.15, 0.2) is 91.0 Å². The van der Waals surface area contributed by atoms with Crippen molar-refractivity contribution in [2.24, 2.45) is 5.92 Å². The number of thioether (sulfide) groups is 1. The first-order chi connectivity index (χ1) is 30.5. The number of hydrogen-bond donors (Lipinski definition) is 4. The van der Waals surface area contributed by atoms with Gasteiger partial charge in [-0.05, 0) is 83.2 Å². The summed E-state index contributed by atoms with van der Waals surface area (Å²) in [6.45, 7) is 4.92. The minimum absolute atomic E-state index is 0.118. The highest BCUT2D eigenvalue weighted by Crippen LogP contribution is 2.40. The zero-order valence-electron chi connectivity index (χ0n) is 35.8. The summed E-state index contributed by atoms with van der Waals surface area (Å²) in [7, 11) is 2.58. The quantitative estimate of drug-likeness (QED) is 0.105. The van der Waals surface area contributed by atoms with E-state index in [1.165, 1.54) is 14.2 Å². The van der Waals surface area contributed by atoms with Gasteiger partial charge in [-0.3, -0.25) is 9.59 Å². The predicted molar refractivity (Wildman–Crippen MR) is 245 cm³/mol. The van der Waals surface area contributed by atoms with E-state index in [1.54, 1.807) is 11.8 Å². The third kappa shape index (κ3) is 7.90. The van der Waals surface area contributed by atoms with Gasteiger partial charge in [0, 0.05) is 29.1 Å². The number of aromatic amines is 2. The molecule has 2 aliphatic heterocycles. The number of H-pyrrole nitrogens is 2. The summed E-state index contributed by atoms with van der Waals surface area (Å²) in [5.41, 5.74) is 6.27. The second-order valence-electron chi connectivity index (χ2n) is 16.7. The highest BCUT2D eigenvalue weighted by atomic mass is 32.2. The zero-order chi connectivity index (χ0) is 43.9. The Morgan fingerprint density at radius 3 is 1.89 bits per heavy atom. The van der Waals surface area contributed by atoms with Gasteiger partial charge in [-0.15, -0.1) is 0 Å². The molecule has 63 heavy (non-hydrogen) atoms. The smallest absolute Gasteiger partial charge is 0.407 e. The Hall–Kier alpha value is -6.61. The van der Waals surface area contributed by atoms with Crippen LogP contribution < -0.4 is 10.6 Å². The van der Waals surface area contributed by atoms with E-state index in [2.05, 4.69) is 75.4 Å². The molecule has 0 unspecified atom stereocenters. The van der Waals surface area contributed by atoms with Crippen LogP contribution in [0.2, 0.25) is 0 Å². The minimum Gasteiger partial charge on any atom is -0.453 e. The Labute approximate surface area is 368 Å². The van der Waals surface area contributed by atoms with Crippen LogP contribution in [-0.4, -0.2) is 98.6 Å². The molecular weight excluding hydrogens is 817 g/mol. The lowest BCUT2D eigenvalue weighted by Crippen LogP contribution is -2.51. The Balaban J connectivity index is 0.985. The number of carbonyl (C=O) groups is 4. The van der Waals surface area contributed by atoms with Crippen molar-refractivity contribution < 1.29 is 28.7 Å². The van der Waals surface area contributed by atoms with E-state index in [1.807, 2.05) is 66.1 Å². The molecule has 9 rings (SSSR count). The van der Waals surface area contributed by atoms with Crippen molar-refractivity contribution in [3.63, 3.8) is 0 Å². The van der Waals surface area contributed by atoms with Crippen molar-refractivity contribution in [3.05, 3.63) is 108 Å². The molecule has 0 radical (unpaired) electrons. The first kappa shape index (κ1) is 41.7. The number of benzene rings is 5. The summed E-state index contributed by atoms with van der Waals surface area (Å²) in [5, 5.41) is 9.84.